The van der Waals surface area contributed by atoms with Crippen LogP contribution in [-0.4, -0.2) is 35.8 Å². The van der Waals surface area contributed by atoms with E-state index in [1.54, 1.807) is 0 Å². The summed E-state index contributed by atoms with van der Waals surface area (Å²) in [6.45, 7) is 3.35. The van der Waals surface area contributed by atoms with Crippen LogP contribution in [0.15, 0.2) is 29.2 Å². The highest BCUT2D eigenvalue weighted by atomic mass is 32.2. The van der Waals surface area contributed by atoms with E-state index in [1.807, 2.05) is 24.3 Å². The fraction of sp³-hybridized carbons (Fsp3) is 0.700. The van der Waals surface area contributed by atoms with E-state index in [2.05, 4.69) is 0 Å². The van der Waals surface area contributed by atoms with Gasteiger partial charge in [0.25, 0.3) is 0 Å². The zero-order valence-electron chi connectivity index (χ0n) is 15.3. The summed E-state index contributed by atoms with van der Waals surface area (Å²) in [4.78, 5) is 0.946. The molecule has 1 saturated carbocycles. The maximum atomic E-state index is 12.6. The van der Waals surface area contributed by atoms with E-state index in [0.717, 1.165) is 49.3 Å². The van der Waals surface area contributed by atoms with Crippen LogP contribution in [0, 0.1) is 0 Å². The van der Waals surface area contributed by atoms with Crippen LogP contribution in [0.2, 0.25) is 0 Å². The van der Waals surface area contributed by atoms with E-state index in [4.69, 9.17) is 15.2 Å². The average molecular weight is 368 g/mol. The zero-order chi connectivity index (χ0) is 17.7. The molecule has 25 heavy (non-hydrogen) atoms. The summed E-state index contributed by atoms with van der Waals surface area (Å²) >= 11 is 0. The van der Waals surface area contributed by atoms with E-state index >= 15 is 0 Å². The molecule has 0 saturated heterocycles. The first-order valence-corrected chi connectivity index (χ1v) is 10.9. The lowest BCUT2D eigenvalue weighted by Crippen LogP contribution is -2.11. The van der Waals surface area contributed by atoms with Gasteiger partial charge in [-0.2, -0.15) is 0 Å². The third kappa shape index (κ3) is 7.99. The minimum absolute atomic E-state index is 0.342. The minimum atomic E-state index is -0.873. The predicted octanol–water partition coefficient (Wildman–Crippen LogP) is 3.79. The van der Waals surface area contributed by atoms with Gasteiger partial charge >= 0.3 is 0 Å². The molecule has 5 heteroatoms. The standard InChI is InChI=1S/C20H33NO3S/c21-12-5-1-2-6-13-23-14-15-24-17-18-8-7-11-20(16-18)25(22)19-9-3-4-10-19/h7-8,11,16,19H,1-6,9-10,12-15,17,21H2. The van der Waals surface area contributed by atoms with Crippen molar-refractivity contribution >= 4 is 10.8 Å². The lowest BCUT2D eigenvalue weighted by atomic mass is 10.2. The van der Waals surface area contributed by atoms with Crippen molar-refractivity contribution in [2.45, 2.75) is 68.1 Å². The molecule has 1 aliphatic rings. The third-order valence-corrected chi connectivity index (χ3v) is 6.41. The summed E-state index contributed by atoms with van der Waals surface area (Å²) in [7, 11) is -0.873. The van der Waals surface area contributed by atoms with Gasteiger partial charge in [0.15, 0.2) is 0 Å². The SMILES string of the molecule is NCCCCCCOCCOCc1cccc(S(=O)C2CCCC2)c1. The average Bonchev–Trinajstić information content (AvgIpc) is 3.17. The smallest absolute Gasteiger partial charge is 0.0718 e. The second kappa shape index (κ2) is 12.6. The molecule has 1 aromatic carbocycles. The number of hydrogen-bond donors (Lipinski definition) is 1. The molecule has 0 spiro atoms. The molecule has 1 aliphatic carbocycles. The van der Waals surface area contributed by atoms with Crippen molar-refractivity contribution in [3.8, 4) is 0 Å². The number of rotatable bonds is 13. The molecule has 4 nitrogen and oxygen atoms in total. The van der Waals surface area contributed by atoms with Crippen molar-refractivity contribution < 1.29 is 13.7 Å². The summed E-state index contributed by atoms with van der Waals surface area (Å²) in [5, 5.41) is 0.342. The fourth-order valence-corrected chi connectivity index (χ4v) is 4.79. The van der Waals surface area contributed by atoms with Crippen LogP contribution in [0.1, 0.15) is 56.9 Å². The second-order valence-corrected chi connectivity index (χ2v) is 8.45. The topological polar surface area (TPSA) is 61.6 Å². The van der Waals surface area contributed by atoms with Crippen LogP contribution in [0.5, 0.6) is 0 Å². The molecule has 0 bridgehead atoms. The molecule has 0 aliphatic heterocycles. The first-order valence-electron chi connectivity index (χ1n) is 9.66. The Balaban J connectivity index is 1.58. The number of hydrogen-bond acceptors (Lipinski definition) is 4. The van der Waals surface area contributed by atoms with Crippen molar-refractivity contribution in [2.75, 3.05) is 26.4 Å². The molecule has 1 atom stereocenters. The number of nitrogens with two attached hydrogens (primary N) is 1. The van der Waals surface area contributed by atoms with Crippen LogP contribution < -0.4 is 5.73 Å². The van der Waals surface area contributed by atoms with Crippen LogP contribution in [-0.2, 0) is 26.9 Å². The molecule has 0 radical (unpaired) electrons. The van der Waals surface area contributed by atoms with Crippen LogP contribution in [0.25, 0.3) is 0 Å². The van der Waals surface area contributed by atoms with Gasteiger partial charge in [-0.15, -0.1) is 0 Å². The molecule has 0 heterocycles. The Labute approximate surface area is 154 Å². The molecule has 1 unspecified atom stereocenters. The van der Waals surface area contributed by atoms with E-state index in [1.165, 1.54) is 25.7 Å². The predicted molar refractivity (Wildman–Crippen MR) is 103 cm³/mol. The van der Waals surface area contributed by atoms with Gasteiger partial charge in [-0.05, 0) is 49.9 Å². The Morgan fingerprint density at radius 3 is 2.56 bits per heavy atom. The highest BCUT2D eigenvalue weighted by Gasteiger charge is 2.22. The normalized spacial score (nSPS) is 16.4. The Kier molecular flexibility index (Phi) is 10.3. The van der Waals surface area contributed by atoms with E-state index in [-0.39, 0.29) is 0 Å². The quantitative estimate of drug-likeness (QED) is 0.539. The fourth-order valence-electron chi connectivity index (χ4n) is 3.17. The summed E-state index contributed by atoms with van der Waals surface area (Å²) in [5.74, 6) is 0. The lowest BCUT2D eigenvalue weighted by molar-refractivity contribution is 0.0392. The maximum Gasteiger partial charge on any atom is 0.0718 e. The summed E-state index contributed by atoms with van der Waals surface area (Å²) in [6.07, 6.45) is 9.19. The van der Waals surface area contributed by atoms with Gasteiger partial charge in [-0.25, -0.2) is 0 Å². The number of unbranched alkanes of at least 4 members (excludes halogenated alkanes) is 3. The Morgan fingerprint density at radius 2 is 1.76 bits per heavy atom. The molecule has 1 fully saturated rings. The second-order valence-electron chi connectivity index (χ2n) is 6.72. The van der Waals surface area contributed by atoms with Crippen molar-refractivity contribution in [3.63, 3.8) is 0 Å². The first-order chi connectivity index (χ1) is 12.3. The molecular weight excluding hydrogens is 334 g/mol. The van der Waals surface area contributed by atoms with Gasteiger partial charge in [0.1, 0.15) is 0 Å². The van der Waals surface area contributed by atoms with E-state index in [0.29, 0.717) is 25.1 Å². The summed E-state index contributed by atoms with van der Waals surface area (Å²) in [6, 6.07) is 8.03. The van der Waals surface area contributed by atoms with Gasteiger partial charge in [0, 0.05) is 16.8 Å². The summed E-state index contributed by atoms with van der Waals surface area (Å²) in [5.41, 5.74) is 6.55. The monoisotopic (exact) mass is 367 g/mol. The molecule has 142 valence electrons. The maximum absolute atomic E-state index is 12.6. The highest BCUT2D eigenvalue weighted by molar-refractivity contribution is 7.85. The van der Waals surface area contributed by atoms with Gasteiger partial charge in [0.05, 0.1) is 30.6 Å². The van der Waals surface area contributed by atoms with Gasteiger partial charge in [-0.1, -0.05) is 37.8 Å². The Morgan fingerprint density at radius 1 is 1.00 bits per heavy atom. The van der Waals surface area contributed by atoms with Crippen LogP contribution in [0.4, 0.5) is 0 Å². The van der Waals surface area contributed by atoms with Crippen molar-refractivity contribution in [1.82, 2.24) is 0 Å². The lowest BCUT2D eigenvalue weighted by Gasteiger charge is -2.11. The molecule has 1 aromatic rings. The third-order valence-electron chi connectivity index (χ3n) is 4.62. The minimum Gasteiger partial charge on any atom is -0.379 e. The van der Waals surface area contributed by atoms with Crippen molar-refractivity contribution in [2.24, 2.45) is 5.73 Å². The zero-order valence-corrected chi connectivity index (χ0v) is 16.1. The van der Waals surface area contributed by atoms with Gasteiger partial charge < -0.3 is 15.2 Å². The molecule has 0 amide bonds. The number of benzene rings is 1. The van der Waals surface area contributed by atoms with Crippen molar-refractivity contribution in [1.29, 1.82) is 0 Å². The van der Waals surface area contributed by atoms with E-state index < -0.39 is 10.8 Å². The largest absolute Gasteiger partial charge is 0.379 e. The molecule has 0 aromatic heterocycles. The highest BCUT2D eigenvalue weighted by Crippen LogP contribution is 2.27. The first kappa shape index (κ1) is 20.6. The number of ether oxygens (including phenoxy) is 2. The van der Waals surface area contributed by atoms with Crippen LogP contribution >= 0.6 is 0 Å². The molecule has 2 N–H and O–H groups in total. The Bertz CT molecular complexity index is 503. The van der Waals surface area contributed by atoms with Crippen LogP contribution in [0.3, 0.4) is 0 Å². The van der Waals surface area contributed by atoms with Crippen molar-refractivity contribution in [3.05, 3.63) is 29.8 Å². The summed E-state index contributed by atoms with van der Waals surface area (Å²) < 4.78 is 23.8. The Hall–Kier alpha value is -0.750. The molecule has 2 rings (SSSR count). The molecular formula is C20H33NO3S. The van der Waals surface area contributed by atoms with Gasteiger partial charge in [-0.3, -0.25) is 4.21 Å². The van der Waals surface area contributed by atoms with E-state index in [9.17, 15) is 4.21 Å². The van der Waals surface area contributed by atoms with Gasteiger partial charge in [0.2, 0.25) is 0 Å².